The van der Waals surface area contributed by atoms with Gasteiger partial charge in [0.1, 0.15) is 5.60 Å². The first-order valence-electron chi connectivity index (χ1n) is 6.54. The Kier molecular flexibility index (Phi) is 5.63. The number of carbonyl (C=O) groups excluding carboxylic acids is 1. The fourth-order valence-electron chi connectivity index (χ4n) is 2.19. The molecule has 1 amide bonds. The minimum atomic E-state index is -0.400. The number of amides is 1. The minimum absolute atomic E-state index is 0.152. The summed E-state index contributed by atoms with van der Waals surface area (Å²) in [6, 6.07) is 0.353. The van der Waals surface area contributed by atoms with Gasteiger partial charge in [-0.2, -0.15) is 12.6 Å². The maximum Gasteiger partial charge on any atom is 0.410 e. The van der Waals surface area contributed by atoms with E-state index in [1.165, 1.54) is 6.42 Å². The number of thiol groups is 1. The Labute approximate surface area is 110 Å². The third kappa shape index (κ3) is 5.19. The maximum absolute atomic E-state index is 12.1. The van der Waals surface area contributed by atoms with Crippen molar-refractivity contribution in [1.29, 1.82) is 0 Å². The van der Waals surface area contributed by atoms with Crippen molar-refractivity contribution < 1.29 is 9.53 Å². The van der Waals surface area contributed by atoms with Gasteiger partial charge in [-0.05, 0) is 58.6 Å². The van der Waals surface area contributed by atoms with E-state index in [-0.39, 0.29) is 6.09 Å². The molecule has 1 aliphatic rings. The number of rotatable bonds is 3. The van der Waals surface area contributed by atoms with Gasteiger partial charge in [-0.25, -0.2) is 4.79 Å². The van der Waals surface area contributed by atoms with E-state index in [1.54, 1.807) is 0 Å². The third-order valence-corrected chi connectivity index (χ3v) is 3.27. The van der Waals surface area contributed by atoms with Gasteiger partial charge in [0.2, 0.25) is 0 Å². The van der Waals surface area contributed by atoms with Crippen LogP contribution in [0.3, 0.4) is 0 Å². The molecule has 0 N–H and O–H groups in total. The number of likely N-dealkylation sites (tertiary alicyclic amines) is 1. The molecule has 1 aliphatic heterocycles. The molecule has 1 atom stereocenters. The first-order chi connectivity index (χ1) is 7.94. The van der Waals surface area contributed by atoms with E-state index < -0.39 is 5.60 Å². The second kappa shape index (κ2) is 6.53. The zero-order valence-electron chi connectivity index (χ0n) is 11.2. The van der Waals surface area contributed by atoms with Gasteiger partial charge in [0.25, 0.3) is 0 Å². The molecule has 0 bridgehead atoms. The SMILES string of the molecule is CC(C)(C)OC(=O)N1CCCCC1CCCS. The Morgan fingerprint density at radius 1 is 1.41 bits per heavy atom. The van der Waals surface area contributed by atoms with Gasteiger partial charge in [-0.15, -0.1) is 0 Å². The number of hydrogen-bond donors (Lipinski definition) is 1. The van der Waals surface area contributed by atoms with Crippen LogP contribution in [0, 0.1) is 0 Å². The predicted octanol–water partition coefficient (Wildman–Crippen LogP) is 3.49. The Balaban J connectivity index is 2.54. The van der Waals surface area contributed by atoms with Crippen molar-refractivity contribution in [2.45, 2.75) is 64.5 Å². The van der Waals surface area contributed by atoms with Crippen molar-refractivity contribution in [3.8, 4) is 0 Å². The van der Waals surface area contributed by atoms with Gasteiger partial charge in [0, 0.05) is 12.6 Å². The summed E-state index contributed by atoms with van der Waals surface area (Å²) < 4.78 is 5.46. The fraction of sp³-hybridized carbons (Fsp3) is 0.923. The molecule has 1 heterocycles. The lowest BCUT2D eigenvalue weighted by Crippen LogP contribution is -2.46. The molecular weight excluding hydrogens is 234 g/mol. The van der Waals surface area contributed by atoms with Gasteiger partial charge in [0.05, 0.1) is 0 Å². The summed E-state index contributed by atoms with van der Waals surface area (Å²) in [7, 11) is 0. The Morgan fingerprint density at radius 3 is 2.71 bits per heavy atom. The second-order valence-corrected chi connectivity index (χ2v) is 6.14. The second-order valence-electron chi connectivity index (χ2n) is 5.69. The van der Waals surface area contributed by atoms with Crippen LogP contribution in [0.4, 0.5) is 4.79 Å². The summed E-state index contributed by atoms with van der Waals surface area (Å²) in [4.78, 5) is 14.0. The summed E-state index contributed by atoms with van der Waals surface area (Å²) in [6.45, 7) is 6.58. The lowest BCUT2D eigenvalue weighted by atomic mass is 9.99. The van der Waals surface area contributed by atoms with E-state index in [4.69, 9.17) is 4.74 Å². The monoisotopic (exact) mass is 259 g/mol. The van der Waals surface area contributed by atoms with Crippen LogP contribution in [0.25, 0.3) is 0 Å². The molecule has 3 nitrogen and oxygen atoms in total. The molecule has 17 heavy (non-hydrogen) atoms. The van der Waals surface area contributed by atoms with Gasteiger partial charge in [-0.3, -0.25) is 0 Å². The van der Waals surface area contributed by atoms with E-state index in [1.807, 2.05) is 25.7 Å². The molecule has 0 spiro atoms. The van der Waals surface area contributed by atoms with Crippen LogP contribution in [0.15, 0.2) is 0 Å². The summed E-state index contributed by atoms with van der Waals surface area (Å²) >= 11 is 4.24. The van der Waals surface area contributed by atoms with Crippen molar-refractivity contribution in [1.82, 2.24) is 4.90 Å². The van der Waals surface area contributed by atoms with Crippen LogP contribution < -0.4 is 0 Å². The molecule has 0 saturated carbocycles. The molecule has 1 saturated heterocycles. The van der Waals surface area contributed by atoms with E-state index in [0.717, 1.165) is 38.0 Å². The van der Waals surface area contributed by atoms with Crippen LogP contribution in [0.2, 0.25) is 0 Å². The van der Waals surface area contributed by atoms with Crippen LogP contribution in [0.5, 0.6) is 0 Å². The number of carbonyl (C=O) groups is 1. The van der Waals surface area contributed by atoms with Gasteiger partial charge in [0.15, 0.2) is 0 Å². The largest absolute Gasteiger partial charge is 0.444 e. The Hall–Kier alpha value is -0.380. The van der Waals surface area contributed by atoms with Crippen LogP contribution in [0.1, 0.15) is 52.9 Å². The minimum Gasteiger partial charge on any atom is -0.444 e. The van der Waals surface area contributed by atoms with Crippen molar-refractivity contribution in [2.75, 3.05) is 12.3 Å². The van der Waals surface area contributed by atoms with E-state index in [2.05, 4.69) is 12.6 Å². The summed E-state index contributed by atoms with van der Waals surface area (Å²) in [5.41, 5.74) is -0.400. The third-order valence-electron chi connectivity index (χ3n) is 2.95. The molecule has 0 aromatic rings. The quantitative estimate of drug-likeness (QED) is 0.786. The van der Waals surface area contributed by atoms with Crippen molar-refractivity contribution in [3.63, 3.8) is 0 Å². The standard InChI is InChI=1S/C13H25NO2S/c1-13(2,3)16-12(15)14-9-5-4-7-11(14)8-6-10-17/h11,17H,4-10H2,1-3H3. The molecule has 0 aliphatic carbocycles. The summed E-state index contributed by atoms with van der Waals surface area (Å²) in [5.74, 6) is 0.888. The van der Waals surface area contributed by atoms with Crippen LogP contribution >= 0.6 is 12.6 Å². The highest BCUT2D eigenvalue weighted by atomic mass is 32.1. The van der Waals surface area contributed by atoms with E-state index in [9.17, 15) is 4.79 Å². The topological polar surface area (TPSA) is 29.5 Å². The molecule has 0 aromatic heterocycles. The maximum atomic E-state index is 12.1. The molecule has 1 fully saturated rings. The first-order valence-corrected chi connectivity index (χ1v) is 7.18. The average Bonchev–Trinajstić information content (AvgIpc) is 2.24. The highest BCUT2D eigenvalue weighted by Crippen LogP contribution is 2.23. The van der Waals surface area contributed by atoms with E-state index >= 15 is 0 Å². The van der Waals surface area contributed by atoms with Crippen molar-refractivity contribution in [2.24, 2.45) is 0 Å². The van der Waals surface area contributed by atoms with Crippen molar-refractivity contribution >= 4 is 18.7 Å². The lowest BCUT2D eigenvalue weighted by Gasteiger charge is -2.36. The van der Waals surface area contributed by atoms with Gasteiger partial charge < -0.3 is 9.64 Å². The van der Waals surface area contributed by atoms with Gasteiger partial charge in [-0.1, -0.05) is 0 Å². The van der Waals surface area contributed by atoms with Crippen molar-refractivity contribution in [3.05, 3.63) is 0 Å². The molecule has 100 valence electrons. The molecule has 1 unspecified atom stereocenters. The number of ether oxygens (including phenoxy) is 1. The highest BCUT2D eigenvalue weighted by Gasteiger charge is 2.29. The molecule has 1 rings (SSSR count). The zero-order valence-corrected chi connectivity index (χ0v) is 12.1. The highest BCUT2D eigenvalue weighted by molar-refractivity contribution is 7.80. The molecule has 0 aromatic carbocycles. The van der Waals surface area contributed by atoms with Gasteiger partial charge >= 0.3 is 6.09 Å². The lowest BCUT2D eigenvalue weighted by molar-refractivity contribution is 0.00884. The number of piperidine rings is 1. The van der Waals surface area contributed by atoms with Crippen LogP contribution in [-0.2, 0) is 4.74 Å². The molecule has 0 radical (unpaired) electrons. The summed E-state index contributed by atoms with van der Waals surface area (Å²) in [6.07, 6.45) is 5.37. The zero-order chi connectivity index (χ0) is 12.9. The smallest absolute Gasteiger partial charge is 0.410 e. The predicted molar refractivity (Wildman–Crippen MR) is 73.7 cm³/mol. The Morgan fingerprint density at radius 2 is 2.12 bits per heavy atom. The number of hydrogen-bond acceptors (Lipinski definition) is 3. The normalized spacial score (nSPS) is 21.4. The number of nitrogens with zero attached hydrogens (tertiary/aromatic N) is 1. The molecule has 4 heteroatoms. The summed E-state index contributed by atoms with van der Waals surface area (Å²) in [5, 5.41) is 0. The Bertz CT molecular complexity index is 250. The van der Waals surface area contributed by atoms with Crippen LogP contribution in [-0.4, -0.2) is 34.9 Å². The molecular formula is C13H25NO2S. The fourth-order valence-corrected chi connectivity index (χ4v) is 2.37. The average molecular weight is 259 g/mol. The van der Waals surface area contributed by atoms with E-state index in [0.29, 0.717) is 6.04 Å². The first kappa shape index (κ1) is 14.7.